The molecule has 0 radical (unpaired) electrons. The maximum Gasteiger partial charge on any atom is 0.148 e. The van der Waals surface area contributed by atoms with Gasteiger partial charge in [-0.1, -0.05) is 19.3 Å². The monoisotopic (exact) mass is 378 g/mol. The second kappa shape index (κ2) is 8.21. The van der Waals surface area contributed by atoms with Crippen LogP contribution in [0.5, 0.6) is 0 Å². The molecule has 1 aliphatic carbocycles. The SMILES string of the molecule is Nc1ccc(Nc2ccncc2-c2cc(NC3CCCCC3)ncn2)cc1F. The topological polar surface area (TPSA) is 88.8 Å². The summed E-state index contributed by atoms with van der Waals surface area (Å²) in [5.74, 6) is 0.354. The molecule has 4 rings (SSSR count). The molecule has 1 fully saturated rings. The molecule has 28 heavy (non-hydrogen) atoms. The van der Waals surface area contributed by atoms with Gasteiger partial charge in [0.1, 0.15) is 18.0 Å². The summed E-state index contributed by atoms with van der Waals surface area (Å²) in [5, 5.41) is 6.74. The number of aromatic nitrogens is 3. The van der Waals surface area contributed by atoms with E-state index in [0.29, 0.717) is 11.7 Å². The van der Waals surface area contributed by atoms with E-state index < -0.39 is 5.82 Å². The molecule has 144 valence electrons. The zero-order valence-electron chi connectivity index (χ0n) is 15.5. The van der Waals surface area contributed by atoms with E-state index in [1.165, 1.54) is 44.2 Å². The smallest absolute Gasteiger partial charge is 0.148 e. The summed E-state index contributed by atoms with van der Waals surface area (Å²) in [6, 6.07) is 8.87. The first-order chi connectivity index (χ1) is 13.7. The molecule has 1 aromatic carbocycles. The van der Waals surface area contributed by atoms with Crippen LogP contribution in [0, 0.1) is 5.82 Å². The van der Waals surface area contributed by atoms with Crippen LogP contribution < -0.4 is 16.4 Å². The summed E-state index contributed by atoms with van der Waals surface area (Å²) in [5.41, 5.74) is 8.63. The lowest BCUT2D eigenvalue weighted by atomic mass is 9.95. The Bertz CT molecular complexity index is 955. The van der Waals surface area contributed by atoms with Gasteiger partial charge in [0.15, 0.2) is 0 Å². The zero-order valence-corrected chi connectivity index (χ0v) is 15.5. The summed E-state index contributed by atoms with van der Waals surface area (Å²) < 4.78 is 13.8. The van der Waals surface area contributed by atoms with E-state index >= 15 is 0 Å². The van der Waals surface area contributed by atoms with Crippen molar-refractivity contribution in [3.05, 3.63) is 54.9 Å². The molecule has 0 unspecified atom stereocenters. The van der Waals surface area contributed by atoms with Crippen molar-refractivity contribution in [2.75, 3.05) is 16.4 Å². The van der Waals surface area contributed by atoms with E-state index in [4.69, 9.17) is 5.73 Å². The highest BCUT2D eigenvalue weighted by molar-refractivity contribution is 5.79. The van der Waals surface area contributed by atoms with Crippen molar-refractivity contribution in [2.45, 2.75) is 38.1 Å². The van der Waals surface area contributed by atoms with Crippen molar-refractivity contribution < 1.29 is 4.39 Å². The van der Waals surface area contributed by atoms with Gasteiger partial charge >= 0.3 is 0 Å². The minimum Gasteiger partial charge on any atom is -0.396 e. The molecule has 2 aromatic heterocycles. The average Bonchev–Trinajstić information content (AvgIpc) is 2.72. The van der Waals surface area contributed by atoms with E-state index in [1.807, 2.05) is 12.1 Å². The number of nitrogens with one attached hydrogen (secondary N) is 2. The number of hydrogen-bond donors (Lipinski definition) is 3. The summed E-state index contributed by atoms with van der Waals surface area (Å²) in [7, 11) is 0. The summed E-state index contributed by atoms with van der Waals surface area (Å²) in [6.07, 6.45) is 11.1. The van der Waals surface area contributed by atoms with Gasteiger partial charge in [-0.25, -0.2) is 14.4 Å². The van der Waals surface area contributed by atoms with Crippen LogP contribution in [0.2, 0.25) is 0 Å². The van der Waals surface area contributed by atoms with Crippen molar-refractivity contribution in [2.24, 2.45) is 0 Å². The quantitative estimate of drug-likeness (QED) is 0.555. The third kappa shape index (κ3) is 4.19. The zero-order chi connectivity index (χ0) is 19.3. The predicted molar refractivity (Wildman–Crippen MR) is 110 cm³/mol. The lowest BCUT2D eigenvalue weighted by Gasteiger charge is -2.23. The molecule has 6 nitrogen and oxygen atoms in total. The van der Waals surface area contributed by atoms with Gasteiger partial charge in [0.2, 0.25) is 0 Å². The molecule has 3 aromatic rings. The summed E-state index contributed by atoms with van der Waals surface area (Å²) in [6.45, 7) is 0. The highest BCUT2D eigenvalue weighted by atomic mass is 19.1. The van der Waals surface area contributed by atoms with E-state index in [2.05, 4.69) is 25.6 Å². The number of nitrogens with two attached hydrogens (primary N) is 1. The lowest BCUT2D eigenvalue weighted by molar-refractivity contribution is 0.462. The fourth-order valence-electron chi connectivity index (χ4n) is 3.51. The second-order valence-electron chi connectivity index (χ2n) is 7.05. The predicted octanol–water partition coefficient (Wildman–Crippen LogP) is 4.75. The van der Waals surface area contributed by atoms with Crippen LogP contribution in [0.3, 0.4) is 0 Å². The second-order valence-corrected chi connectivity index (χ2v) is 7.05. The Morgan fingerprint density at radius 2 is 1.89 bits per heavy atom. The molecule has 0 saturated heterocycles. The molecule has 0 atom stereocenters. The Morgan fingerprint density at radius 3 is 2.71 bits per heavy atom. The van der Waals surface area contributed by atoms with Crippen LogP contribution in [-0.4, -0.2) is 21.0 Å². The van der Waals surface area contributed by atoms with Gasteiger partial charge in [-0.3, -0.25) is 4.98 Å². The minimum atomic E-state index is -0.457. The number of nitrogens with zero attached hydrogens (tertiary/aromatic N) is 3. The van der Waals surface area contributed by atoms with Gasteiger partial charge in [-0.15, -0.1) is 0 Å². The molecular weight excluding hydrogens is 355 g/mol. The Labute approximate surface area is 163 Å². The number of pyridine rings is 1. The number of rotatable bonds is 5. The normalized spacial score (nSPS) is 14.6. The summed E-state index contributed by atoms with van der Waals surface area (Å²) >= 11 is 0. The van der Waals surface area contributed by atoms with Crippen LogP contribution in [0.25, 0.3) is 11.3 Å². The first kappa shape index (κ1) is 18.2. The third-order valence-electron chi connectivity index (χ3n) is 5.00. The number of nitrogen functional groups attached to an aromatic ring is 1. The number of benzene rings is 1. The maximum absolute atomic E-state index is 13.8. The van der Waals surface area contributed by atoms with Gasteiger partial charge in [-0.05, 0) is 37.1 Å². The Hall–Kier alpha value is -3.22. The van der Waals surface area contributed by atoms with Crippen LogP contribution >= 0.6 is 0 Å². The summed E-state index contributed by atoms with van der Waals surface area (Å²) in [4.78, 5) is 13.0. The van der Waals surface area contributed by atoms with Gasteiger partial charge in [-0.2, -0.15) is 0 Å². The third-order valence-corrected chi connectivity index (χ3v) is 5.00. The molecule has 0 aliphatic heterocycles. The van der Waals surface area contributed by atoms with E-state index in [9.17, 15) is 4.39 Å². The molecule has 0 amide bonds. The molecule has 0 bridgehead atoms. The van der Waals surface area contributed by atoms with Gasteiger partial charge in [0, 0.05) is 35.8 Å². The lowest BCUT2D eigenvalue weighted by Crippen LogP contribution is -2.22. The molecular formula is C21H23FN6. The van der Waals surface area contributed by atoms with E-state index in [-0.39, 0.29) is 5.69 Å². The fourth-order valence-corrected chi connectivity index (χ4v) is 3.51. The molecule has 7 heteroatoms. The standard InChI is InChI=1S/C21H23FN6/c22-17-10-15(6-7-18(17)23)27-19-8-9-24-12-16(19)20-11-21(26-13-25-20)28-14-4-2-1-3-5-14/h6-14H,1-5,23H2,(H,24,27)(H,25,26,28). The largest absolute Gasteiger partial charge is 0.396 e. The Kier molecular flexibility index (Phi) is 5.32. The van der Waals surface area contributed by atoms with Crippen molar-refractivity contribution in [3.8, 4) is 11.3 Å². The van der Waals surface area contributed by atoms with Crippen molar-refractivity contribution in [1.29, 1.82) is 0 Å². The van der Waals surface area contributed by atoms with Crippen molar-refractivity contribution >= 4 is 22.9 Å². The highest BCUT2D eigenvalue weighted by Crippen LogP contribution is 2.30. The number of anilines is 4. The first-order valence-electron chi connectivity index (χ1n) is 9.54. The van der Waals surface area contributed by atoms with Crippen LogP contribution in [0.15, 0.2) is 49.1 Å². The fraction of sp³-hybridized carbons (Fsp3) is 0.286. The van der Waals surface area contributed by atoms with Gasteiger partial charge < -0.3 is 16.4 Å². The van der Waals surface area contributed by atoms with E-state index in [0.717, 1.165) is 22.8 Å². The van der Waals surface area contributed by atoms with Crippen LogP contribution in [0.4, 0.5) is 27.3 Å². The highest BCUT2D eigenvalue weighted by Gasteiger charge is 2.15. The molecule has 0 spiro atoms. The van der Waals surface area contributed by atoms with Crippen molar-refractivity contribution in [1.82, 2.24) is 15.0 Å². The van der Waals surface area contributed by atoms with Crippen LogP contribution in [-0.2, 0) is 0 Å². The van der Waals surface area contributed by atoms with Crippen molar-refractivity contribution in [3.63, 3.8) is 0 Å². The average molecular weight is 378 g/mol. The number of halogens is 1. The van der Waals surface area contributed by atoms with E-state index in [1.54, 1.807) is 24.8 Å². The van der Waals surface area contributed by atoms with Crippen LogP contribution in [0.1, 0.15) is 32.1 Å². The Balaban J connectivity index is 1.59. The van der Waals surface area contributed by atoms with Gasteiger partial charge in [0.05, 0.1) is 17.1 Å². The molecule has 1 saturated carbocycles. The molecule has 2 heterocycles. The minimum absolute atomic E-state index is 0.120. The van der Waals surface area contributed by atoms with Gasteiger partial charge in [0.25, 0.3) is 0 Å². The first-order valence-corrected chi connectivity index (χ1v) is 9.54. The molecule has 4 N–H and O–H groups in total. The molecule has 1 aliphatic rings. The maximum atomic E-state index is 13.8. The number of hydrogen-bond acceptors (Lipinski definition) is 6. The Morgan fingerprint density at radius 1 is 1.04 bits per heavy atom.